The lowest BCUT2D eigenvalue weighted by molar-refractivity contribution is -0.137. The first-order chi connectivity index (χ1) is 47.5. The van der Waals surface area contributed by atoms with E-state index in [1.54, 1.807) is 46.9 Å². The first-order valence-electron chi connectivity index (χ1n) is 32.7. The number of aromatic nitrogens is 4. The number of alkyl halides is 6. The lowest BCUT2D eigenvalue weighted by Gasteiger charge is -2.42. The van der Waals surface area contributed by atoms with Crippen LogP contribution >= 0.6 is 22.7 Å². The van der Waals surface area contributed by atoms with Crippen LogP contribution in [0.15, 0.2) is 267 Å². The Morgan fingerprint density at radius 1 is 0.265 bits per heavy atom. The largest absolute Gasteiger partial charge is 0.417 e. The Morgan fingerprint density at radius 3 is 0.898 bits per heavy atom. The van der Waals surface area contributed by atoms with Gasteiger partial charge in [-0.3, -0.25) is 0 Å². The van der Waals surface area contributed by atoms with E-state index in [0.29, 0.717) is 28.0 Å². The molecule has 0 spiro atoms. The summed E-state index contributed by atoms with van der Waals surface area (Å²) in [4.78, 5) is 0. The van der Waals surface area contributed by atoms with E-state index in [-0.39, 0.29) is 27.8 Å². The number of hydrogen-bond acceptors (Lipinski definition) is 2. The third-order valence-electron chi connectivity index (χ3n) is 20.8. The Morgan fingerprint density at radius 2 is 0.541 bits per heavy atom. The quantitative estimate of drug-likeness (QED) is 0.135. The molecule has 98 heavy (non-hydrogen) atoms. The van der Waals surface area contributed by atoms with Crippen molar-refractivity contribution in [1.29, 1.82) is 0 Å². The molecule has 0 unspecified atom stereocenters. The zero-order valence-corrected chi connectivity index (χ0v) is 54.9. The predicted molar refractivity (Wildman–Crippen MR) is 398 cm³/mol. The van der Waals surface area contributed by atoms with Gasteiger partial charge in [0.15, 0.2) is 0 Å². The van der Waals surface area contributed by atoms with Crippen molar-refractivity contribution < 1.29 is 26.3 Å². The topological polar surface area (TPSA) is 19.7 Å². The normalized spacial score (nSPS) is 13.0. The van der Waals surface area contributed by atoms with Crippen LogP contribution in [0.1, 0.15) is 49.9 Å². The predicted octanol–water partition coefficient (Wildman–Crippen LogP) is 25.8. The Labute approximate surface area is 565 Å². The number of para-hydroxylation sites is 6. The van der Waals surface area contributed by atoms with E-state index < -0.39 is 34.6 Å². The number of fused-ring (bicyclic) bond motifs is 20. The van der Waals surface area contributed by atoms with Crippen molar-refractivity contribution in [2.24, 2.45) is 0 Å². The number of hydrogen-bond donors (Lipinski definition) is 0. The first kappa shape index (κ1) is 58.4. The number of benzene rings is 13. The molecular formula is C86H56F6N4S2. The Kier molecular flexibility index (Phi) is 12.4. The van der Waals surface area contributed by atoms with Gasteiger partial charge in [-0.1, -0.05) is 206 Å². The number of nitrogens with zero attached hydrogens (tertiary/aromatic N) is 4. The minimum atomic E-state index is -5.01. The van der Waals surface area contributed by atoms with Gasteiger partial charge in [-0.05, 0) is 105 Å². The van der Waals surface area contributed by atoms with Crippen LogP contribution in [0.5, 0.6) is 0 Å². The van der Waals surface area contributed by atoms with Crippen LogP contribution in [0.25, 0.3) is 161 Å². The van der Waals surface area contributed by atoms with E-state index in [4.69, 9.17) is 0 Å². The molecule has 0 amide bonds. The maximum absolute atomic E-state index is 17.4. The molecule has 6 heterocycles. The molecule has 4 nitrogen and oxygen atoms in total. The smallest absolute Gasteiger partial charge is 0.331 e. The van der Waals surface area contributed by atoms with Crippen molar-refractivity contribution in [3.05, 3.63) is 289 Å². The molecule has 0 N–H and O–H groups in total. The highest BCUT2D eigenvalue weighted by Gasteiger charge is 2.47. The molecule has 0 bridgehead atoms. The molecule has 0 atom stereocenters. The van der Waals surface area contributed by atoms with E-state index in [1.807, 2.05) is 135 Å². The third kappa shape index (κ3) is 8.07. The van der Waals surface area contributed by atoms with E-state index in [2.05, 4.69) is 129 Å². The van der Waals surface area contributed by atoms with Gasteiger partial charge < -0.3 is 18.3 Å². The van der Waals surface area contributed by atoms with Crippen LogP contribution in [0.3, 0.4) is 0 Å². The molecule has 0 aliphatic rings. The van der Waals surface area contributed by atoms with Gasteiger partial charge in [0.2, 0.25) is 0 Å². The molecule has 13 aromatic carbocycles. The van der Waals surface area contributed by atoms with Crippen molar-refractivity contribution in [2.45, 2.75) is 51.1 Å². The molecule has 0 fully saturated rings. The maximum atomic E-state index is 17.4. The molecule has 12 heteroatoms. The summed E-state index contributed by atoms with van der Waals surface area (Å²) >= 11 is 3.25. The second-order valence-electron chi connectivity index (χ2n) is 26.7. The van der Waals surface area contributed by atoms with Crippen molar-refractivity contribution in [3.63, 3.8) is 0 Å². The highest BCUT2D eigenvalue weighted by Crippen LogP contribution is 2.60. The molecule has 0 aliphatic carbocycles. The van der Waals surface area contributed by atoms with Gasteiger partial charge in [0.05, 0.1) is 65.0 Å². The molecule has 0 saturated carbocycles. The van der Waals surface area contributed by atoms with E-state index >= 15 is 26.3 Å². The van der Waals surface area contributed by atoms with Crippen LogP contribution in [0, 0.1) is 0 Å². The van der Waals surface area contributed by atoms with Gasteiger partial charge in [0.25, 0.3) is 0 Å². The molecule has 0 saturated heterocycles. The average molecular weight is 1320 g/mol. The highest BCUT2D eigenvalue weighted by atomic mass is 32.1. The van der Waals surface area contributed by atoms with Crippen LogP contribution in [0.2, 0.25) is 0 Å². The van der Waals surface area contributed by atoms with Crippen molar-refractivity contribution >= 4 is 150 Å². The van der Waals surface area contributed by atoms with E-state index in [0.717, 1.165) is 129 Å². The van der Waals surface area contributed by atoms with E-state index in [9.17, 15) is 0 Å². The maximum Gasteiger partial charge on any atom is 0.417 e. The Balaban J connectivity index is 1.21. The van der Waals surface area contributed by atoms with Gasteiger partial charge in [0.1, 0.15) is 0 Å². The molecule has 19 rings (SSSR count). The van der Waals surface area contributed by atoms with E-state index in [1.165, 1.54) is 12.1 Å². The molecular weight excluding hydrogens is 1270 g/mol. The van der Waals surface area contributed by atoms with Crippen molar-refractivity contribution in [1.82, 2.24) is 18.3 Å². The summed E-state index contributed by atoms with van der Waals surface area (Å²) < 4.78 is 117. The minimum absolute atomic E-state index is 0.123. The number of rotatable bonds is 8. The zero-order valence-electron chi connectivity index (χ0n) is 53.3. The van der Waals surface area contributed by atoms with Crippen LogP contribution in [-0.2, 0) is 23.4 Å². The second-order valence-corrected chi connectivity index (χ2v) is 28.8. The average Bonchev–Trinajstić information content (AvgIpc) is 1.10. The molecule has 19 aromatic rings. The fourth-order valence-electron chi connectivity index (χ4n) is 17.0. The summed E-state index contributed by atoms with van der Waals surface area (Å²) in [7, 11) is 0. The summed E-state index contributed by atoms with van der Waals surface area (Å²) in [5, 5.41) is 11.0. The summed E-state index contributed by atoms with van der Waals surface area (Å²) in [5.41, 5.74) is 2.41. The summed E-state index contributed by atoms with van der Waals surface area (Å²) in [6.45, 7) is 8.24. The van der Waals surface area contributed by atoms with Crippen molar-refractivity contribution in [3.8, 4) is 33.6 Å². The summed E-state index contributed by atoms with van der Waals surface area (Å²) in [6.07, 6.45) is -10.0. The van der Waals surface area contributed by atoms with Gasteiger partial charge in [0, 0.05) is 113 Å². The third-order valence-corrected chi connectivity index (χ3v) is 23.1. The Hall–Kier alpha value is -10.9. The number of halogens is 6. The first-order valence-corrected chi connectivity index (χ1v) is 34.4. The minimum Gasteiger partial charge on any atom is -0.331 e. The summed E-state index contributed by atoms with van der Waals surface area (Å²) in [5.74, 6) is 0. The van der Waals surface area contributed by atoms with Crippen LogP contribution in [0.4, 0.5) is 26.3 Å². The molecule has 6 aromatic heterocycles. The second kappa shape index (κ2) is 20.8. The lowest BCUT2D eigenvalue weighted by Crippen LogP contribution is -2.35. The highest BCUT2D eigenvalue weighted by molar-refractivity contribution is 7.27. The lowest BCUT2D eigenvalue weighted by atomic mass is 9.73. The Bertz CT molecular complexity index is 6240. The van der Waals surface area contributed by atoms with Crippen LogP contribution < -0.4 is 0 Å². The summed E-state index contributed by atoms with van der Waals surface area (Å²) in [6, 6.07) is 85.1. The fraction of sp³-hybridized carbons (Fsp3) is 0.0930. The van der Waals surface area contributed by atoms with Gasteiger partial charge >= 0.3 is 12.4 Å². The van der Waals surface area contributed by atoms with Gasteiger partial charge in [-0.25, -0.2) is 0 Å². The fourth-order valence-corrected chi connectivity index (χ4v) is 19.5. The molecule has 0 radical (unpaired) electrons. The standard InChI is InChI=1S/C86H56F6N4S2/c1-83(2,95-67-39-19-9-25-49(67)50-26-10-20-40-68(50)95)75-73(61-33-5-15-35-63(61)85(87,88)89)79(93-65-37-17-7-29-53(65)57-45-47-59-55-31-13-23-43-71(55)97-81(59)77(57)93)76(84(3,4)96-69-41-21-11-27-51(69)52-28-12-22-42-70(52)96)80(74(75)62-34-6-16-36-64(62)86(90,91)92)94-66-38-18-8-30-54(66)58-46-48-60-56-32-14-24-44-72(56)98-82(60)78(58)94/h5-48H,1-4H3. The zero-order chi connectivity index (χ0) is 66.5. The van der Waals surface area contributed by atoms with Crippen LogP contribution in [-0.4, -0.2) is 18.3 Å². The molecule has 0 aliphatic heterocycles. The monoisotopic (exact) mass is 1320 g/mol. The van der Waals surface area contributed by atoms with Gasteiger partial charge in [-0.2, -0.15) is 26.3 Å². The van der Waals surface area contributed by atoms with Crippen molar-refractivity contribution in [2.75, 3.05) is 0 Å². The SMILES string of the molecule is CC(C)(c1c(-c2ccccc2C(F)(F)F)c(-n2c3ccccc3c3ccc4c5ccccc5sc4c32)c(C(C)(C)n2c3ccccc3c3ccccc32)c(-n2c3ccccc3c3ccc4c5ccccc5sc4c32)c1-c1ccccc1C(F)(F)F)n1c2ccccc2c2ccccc21. The van der Waals surface area contributed by atoms with Gasteiger partial charge in [-0.15, -0.1) is 22.7 Å². The molecule has 474 valence electrons. The number of thiophene rings is 2.